The van der Waals surface area contributed by atoms with Crippen LogP contribution in [-0.2, 0) is 4.79 Å². The first kappa shape index (κ1) is 14.2. The number of nitrogens with zero attached hydrogens (tertiary/aromatic N) is 2. The van der Waals surface area contributed by atoms with Crippen LogP contribution in [0, 0.1) is 0 Å². The van der Waals surface area contributed by atoms with E-state index in [0.29, 0.717) is 5.69 Å². The lowest BCUT2D eigenvalue weighted by Gasteiger charge is -2.15. The van der Waals surface area contributed by atoms with Crippen LogP contribution in [0.4, 0.5) is 15.5 Å². The van der Waals surface area contributed by atoms with Crippen LogP contribution in [0.2, 0.25) is 0 Å². The highest BCUT2D eigenvalue weighted by Crippen LogP contribution is 2.29. The molecule has 0 saturated carbocycles. The van der Waals surface area contributed by atoms with Crippen molar-refractivity contribution in [3.05, 3.63) is 59.5 Å². The molecule has 6 nitrogen and oxygen atoms in total. The van der Waals surface area contributed by atoms with Crippen molar-refractivity contribution in [2.24, 2.45) is 10.2 Å². The first-order valence-electron chi connectivity index (χ1n) is 6.56. The second-order valence-electron chi connectivity index (χ2n) is 4.50. The van der Waals surface area contributed by atoms with Crippen molar-refractivity contribution in [1.29, 1.82) is 0 Å². The van der Waals surface area contributed by atoms with E-state index in [2.05, 4.69) is 20.9 Å². The average Bonchev–Trinajstić information content (AvgIpc) is 3.01. The molecule has 2 heterocycles. The molecule has 1 aliphatic heterocycles. The Labute approximate surface area is 130 Å². The van der Waals surface area contributed by atoms with Crippen LogP contribution in [0.25, 0.3) is 0 Å². The van der Waals surface area contributed by atoms with Crippen LogP contribution in [0.5, 0.6) is 0 Å². The van der Waals surface area contributed by atoms with Gasteiger partial charge in [0, 0.05) is 17.3 Å². The normalized spacial score (nSPS) is 16.5. The van der Waals surface area contributed by atoms with E-state index in [9.17, 15) is 9.59 Å². The van der Waals surface area contributed by atoms with Crippen LogP contribution in [0.3, 0.4) is 0 Å². The number of amides is 3. The lowest BCUT2D eigenvalue weighted by molar-refractivity contribution is -0.114. The standard InChI is InChI=1S/C15H12N4O2S/c20-13-8-7-12(18-19-13)10-4-1-2-5-11(10)16-15(21)17-14-6-3-9-22-14/h1-9,12H,(H2,16,17,21). The molecule has 22 heavy (non-hydrogen) atoms. The number of carbonyl (C=O) groups is 2. The zero-order valence-electron chi connectivity index (χ0n) is 11.4. The Bertz CT molecular complexity index is 737. The molecule has 0 aliphatic carbocycles. The van der Waals surface area contributed by atoms with Gasteiger partial charge in [0.25, 0.3) is 5.91 Å². The van der Waals surface area contributed by atoms with Gasteiger partial charge in [0.2, 0.25) is 0 Å². The number of thiophene rings is 1. The number of benzene rings is 1. The summed E-state index contributed by atoms with van der Waals surface area (Å²) in [7, 11) is 0. The number of azo groups is 1. The van der Waals surface area contributed by atoms with Gasteiger partial charge in [-0.25, -0.2) is 4.79 Å². The summed E-state index contributed by atoms with van der Waals surface area (Å²) in [6.07, 6.45) is 3.03. The minimum atomic E-state index is -0.379. The maximum Gasteiger partial charge on any atom is 0.324 e. The minimum Gasteiger partial charge on any atom is -0.307 e. The molecular weight excluding hydrogens is 300 g/mol. The van der Waals surface area contributed by atoms with Crippen LogP contribution in [0.1, 0.15) is 11.6 Å². The Balaban J connectivity index is 1.77. The maximum absolute atomic E-state index is 12.0. The van der Waals surface area contributed by atoms with E-state index in [0.717, 1.165) is 10.6 Å². The Hall–Kier alpha value is -2.80. The van der Waals surface area contributed by atoms with Crippen LogP contribution < -0.4 is 10.6 Å². The molecule has 2 N–H and O–H groups in total. The zero-order valence-corrected chi connectivity index (χ0v) is 12.2. The number of para-hydroxylation sites is 1. The zero-order chi connectivity index (χ0) is 15.4. The molecule has 2 aromatic rings. The van der Waals surface area contributed by atoms with E-state index < -0.39 is 0 Å². The third-order valence-corrected chi connectivity index (χ3v) is 3.77. The van der Waals surface area contributed by atoms with Gasteiger partial charge in [-0.05, 0) is 29.7 Å². The maximum atomic E-state index is 12.0. The summed E-state index contributed by atoms with van der Waals surface area (Å²) in [5.74, 6) is -0.378. The lowest BCUT2D eigenvalue weighted by atomic mass is 10.0. The summed E-state index contributed by atoms with van der Waals surface area (Å²) in [6, 6.07) is 10.3. The largest absolute Gasteiger partial charge is 0.324 e. The van der Waals surface area contributed by atoms with Crippen molar-refractivity contribution in [2.75, 3.05) is 10.6 Å². The SMILES string of the molecule is O=C1C=CC(c2ccccc2NC(=O)Nc2cccs2)N=N1. The molecule has 1 unspecified atom stereocenters. The highest BCUT2D eigenvalue weighted by Gasteiger charge is 2.16. The molecule has 3 rings (SSSR count). The van der Waals surface area contributed by atoms with E-state index in [-0.39, 0.29) is 18.0 Å². The number of hydrogen-bond acceptors (Lipinski definition) is 4. The quantitative estimate of drug-likeness (QED) is 0.898. The van der Waals surface area contributed by atoms with Crippen LogP contribution >= 0.6 is 11.3 Å². The Morgan fingerprint density at radius 3 is 2.73 bits per heavy atom. The predicted octanol–water partition coefficient (Wildman–Crippen LogP) is 3.98. The van der Waals surface area contributed by atoms with Crippen molar-refractivity contribution in [1.82, 2.24) is 0 Å². The molecule has 0 spiro atoms. The molecule has 0 radical (unpaired) electrons. The van der Waals surface area contributed by atoms with Gasteiger partial charge in [-0.3, -0.25) is 10.1 Å². The monoisotopic (exact) mass is 312 g/mol. The van der Waals surface area contributed by atoms with E-state index in [1.165, 1.54) is 17.4 Å². The van der Waals surface area contributed by atoms with Crippen molar-refractivity contribution >= 4 is 34.0 Å². The fourth-order valence-corrected chi connectivity index (χ4v) is 2.63. The van der Waals surface area contributed by atoms with E-state index in [1.54, 1.807) is 12.1 Å². The molecule has 3 amide bonds. The number of anilines is 2. The third kappa shape index (κ3) is 3.26. The Morgan fingerprint density at radius 1 is 1.14 bits per heavy atom. The summed E-state index contributed by atoms with van der Waals surface area (Å²) in [6.45, 7) is 0. The molecule has 1 atom stereocenters. The van der Waals surface area contributed by atoms with Crippen molar-refractivity contribution in [3.8, 4) is 0 Å². The lowest BCUT2D eigenvalue weighted by Crippen LogP contribution is -2.20. The van der Waals surface area contributed by atoms with E-state index >= 15 is 0 Å². The predicted molar refractivity (Wildman–Crippen MR) is 85.1 cm³/mol. The van der Waals surface area contributed by atoms with Crippen molar-refractivity contribution in [2.45, 2.75) is 6.04 Å². The second kappa shape index (κ2) is 6.31. The molecule has 0 fully saturated rings. The number of carbonyl (C=O) groups excluding carboxylic acids is 2. The topological polar surface area (TPSA) is 82.9 Å². The fraction of sp³-hybridized carbons (Fsp3) is 0.0667. The van der Waals surface area contributed by atoms with Gasteiger partial charge in [-0.1, -0.05) is 18.2 Å². The number of nitrogens with one attached hydrogen (secondary N) is 2. The van der Waals surface area contributed by atoms with Gasteiger partial charge in [0.1, 0.15) is 6.04 Å². The third-order valence-electron chi connectivity index (χ3n) is 2.99. The smallest absolute Gasteiger partial charge is 0.307 e. The van der Waals surface area contributed by atoms with Crippen LogP contribution in [-0.4, -0.2) is 11.9 Å². The molecule has 110 valence electrons. The van der Waals surface area contributed by atoms with Gasteiger partial charge in [-0.15, -0.1) is 16.5 Å². The molecular formula is C15H12N4O2S. The summed E-state index contributed by atoms with van der Waals surface area (Å²) >= 11 is 1.44. The molecule has 0 bridgehead atoms. The average molecular weight is 312 g/mol. The Kier molecular flexibility index (Phi) is 4.06. The summed E-state index contributed by atoms with van der Waals surface area (Å²) in [5.41, 5.74) is 1.40. The summed E-state index contributed by atoms with van der Waals surface area (Å²) in [4.78, 5) is 23.1. The number of rotatable bonds is 3. The van der Waals surface area contributed by atoms with Crippen LogP contribution in [0.15, 0.2) is 64.2 Å². The Morgan fingerprint density at radius 2 is 2.00 bits per heavy atom. The summed E-state index contributed by atoms with van der Waals surface area (Å²) < 4.78 is 0. The van der Waals surface area contributed by atoms with Crippen molar-refractivity contribution in [3.63, 3.8) is 0 Å². The minimum absolute atomic E-state index is 0.331. The van der Waals surface area contributed by atoms with Gasteiger partial charge in [-0.2, -0.15) is 5.11 Å². The van der Waals surface area contributed by atoms with Crippen molar-refractivity contribution < 1.29 is 9.59 Å². The first-order chi connectivity index (χ1) is 10.7. The first-order valence-corrected chi connectivity index (χ1v) is 7.44. The van der Waals surface area contributed by atoms with E-state index in [4.69, 9.17) is 0 Å². The number of hydrogen-bond donors (Lipinski definition) is 2. The second-order valence-corrected chi connectivity index (χ2v) is 5.45. The van der Waals surface area contributed by atoms with E-state index in [1.807, 2.05) is 35.7 Å². The molecule has 1 aromatic carbocycles. The van der Waals surface area contributed by atoms with Gasteiger partial charge in [0.05, 0.1) is 5.00 Å². The summed E-state index contributed by atoms with van der Waals surface area (Å²) in [5, 5.41) is 15.7. The van der Waals surface area contributed by atoms with Gasteiger partial charge >= 0.3 is 6.03 Å². The van der Waals surface area contributed by atoms with Gasteiger partial charge < -0.3 is 5.32 Å². The molecule has 1 aromatic heterocycles. The fourth-order valence-electron chi connectivity index (χ4n) is 2.01. The molecule has 1 aliphatic rings. The molecule has 0 saturated heterocycles. The highest BCUT2D eigenvalue weighted by molar-refractivity contribution is 7.14. The number of urea groups is 1. The molecule has 7 heteroatoms. The van der Waals surface area contributed by atoms with Gasteiger partial charge in [0.15, 0.2) is 0 Å². The highest BCUT2D eigenvalue weighted by atomic mass is 32.1.